The Bertz CT molecular complexity index is 743. The predicted molar refractivity (Wildman–Crippen MR) is 72.1 cm³/mol. The van der Waals surface area contributed by atoms with Crippen LogP contribution in [0.4, 0.5) is 0 Å². The maximum Gasteiger partial charge on any atom is 0.164 e. The Morgan fingerprint density at radius 1 is 1.40 bits per heavy atom. The van der Waals surface area contributed by atoms with Crippen LogP contribution in [0.3, 0.4) is 0 Å². The molecule has 1 aliphatic rings. The SMILES string of the molecule is CC1Cc2c(nn(-c3ccccc3)c(=N)c2C#N)CO1. The summed E-state index contributed by atoms with van der Waals surface area (Å²) in [7, 11) is 0. The van der Waals surface area contributed by atoms with E-state index in [2.05, 4.69) is 11.2 Å². The fourth-order valence-electron chi connectivity index (χ4n) is 2.40. The van der Waals surface area contributed by atoms with Gasteiger partial charge >= 0.3 is 0 Å². The summed E-state index contributed by atoms with van der Waals surface area (Å²) in [6.07, 6.45) is 0.690. The summed E-state index contributed by atoms with van der Waals surface area (Å²) in [5.74, 6) is 0. The van der Waals surface area contributed by atoms with Gasteiger partial charge in [0.2, 0.25) is 0 Å². The lowest BCUT2D eigenvalue weighted by molar-refractivity contribution is 0.0372. The van der Waals surface area contributed by atoms with E-state index in [-0.39, 0.29) is 11.6 Å². The smallest absolute Gasteiger partial charge is 0.164 e. The third kappa shape index (κ3) is 2.00. The Morgan fingerprint density at radius 3 is 2.85 bits per heavy atom. The molecule has 0 bridgehead atoms. The van der Waals surface area contributed by atoms with Crippen LogP contribution >= 0.6 is 0 Å². The number of benzene rings is 1. The normalized spacial score (nSPS) is 17.3. The lowest BCUT2D eigenvalue weighted by Crippen LogP contribution is -2.32. The van der Waals surface area contributed by atoms with Crippen LogP contribution in [0.25, 0.3) is 5.69 Å². The van der Waals surface area contributed by atoms with Crippen molar-refractivity contribution in [2.45, 2.75) is 26.1 Å². The highest BCUT2D eigenvalue weighted by Crippen LogP contribution is 2.20. The molecule has 3 rings (SSSR count). The lowest BCUT2D eigenvalue weighted by Gasteiger charge is -2.23. The van der Waals surface area contributed by atoms with E-state index in [0.29, 0.717) is 18.6 Å². The van der Waals surface area contributed by atoms with E-state index < -0.39 is 0 Å². The number of hydrogen-bond acceptors (Lipinski definition) is 4. The van der Waals surface area contributed by atoms with Crippen LogP contribution < -0.4 is 5.49 Å². The number of fused-ring (bicyclic) bond motifs is 1. The van der Waals surface area contributed by atoms with E-state index in [1.54, 1.807) is 0 Å². The average Bonchev–Trinajstić information content (AvgIpc) is 2.48. The number of aromatic nitrogens is 2. The van der Waals surface area contributed by atoms with Crippen molar-refractivity contribution < 1.29 is 4.74 Å². The van der Waals surface area contributed by atoms with Crippen molar-refractivity contribution in [2.75, 3.05) is 0 Å². The van der Waals surface area contributed by atoms with Gasteiger partial charge in [0.15, 0.2) is 5.49 Å². The summed E-state index contributed by atoms with van der Waals surface area (Å²) in [5, 5.41) is 22.1. The van der Waals surface area contributed by atoms with E-state index >= 15 is 0 Å². The van der Waals surface area contributed by atoms with Gasteiger partial charge in [0.1, 0.15) is 11.6 Å². The largest absolute Gasteiger partial charge is 0.372 e. The molecule has 2 aromatic rings. The second kappa shape index (κ2) is 4.91. The molecule has 20 heavy (non-hydrogen) atoms. The van der Waals surface area contributed by atoms with Crippen molar-refractivity contribution in [1.82, 2.24) is 9.78 Å². The van der Waals surface area contributed by atoms with Crippen LogP contribution in [0.1, 0.15) is 23.7 Å². The average molecular weight is 266 g/mol. The van der Waals surface area contributed by atoms with Crippen molar-refractivity contribution in [1.29, 1.82) is 10.7 Å². The minimum absolute atomic E-state index is 0.0587. The van der Waals surface area contributed by atoms with Gasteiger partial charge in [-0.05, 0) is 19.1 Å². The molecule has 1 aromatic heterocycles. The zero-order valence-electron chi connectivity index (χ0n) is 11.1. The van der Waals surface area contributed by atoms with Gasteiger partial charge in [-0.15, -0.1) is 0 Å². The van der Waals surface area contributed by atoms with Gasteiger partial charge in [0, 0.05) is 12.0 Å². The van der Waals surface area contributed by atoms with Gasteiger partial charge in [-0.1, -0.05) is 18.2 Å². The van der Waals surface area contributed by atoms with Gasteiger partial charge in [-0.3, -0.25) is 5.41 Å². The van der Waals surface area contributed by atoms with E-state index in [9.17, 15) is 5.26 Å². The molecule has 0 saturated heterocycles. The number of nitriles is 1. The minimum Gasteiger partial charge on any atom is -0.372 e. The molecule has 5 nitrogen and oxygen atoms in total. The zero-order chi connectivity index (χ0) is 14.1. The molecule has 0 saturated carbocycles. The van der Waals surface area contributed by atoms with Crippen LogP contribution in [-0.4, -0.2) is 15.9 Å². The fourth-order valence-corrected chi connectivity index (χ4v) is 2.40. The molecule has 1 aromatic carbocycles. The molecule has 0 spiro atoms. The first-order chi connectivity index (χ1) is 9.70. The summed E-state index contributed by atoms with van der Waals surface area (Å²) in [6, 6.07) is 11.6. The molecule has 5 heteroatoms. The Labute approximate surface area is 116 Å². The standard InChI is InChI=1S/C15H14N4O/c1-10-7-12-13(8-16)15(17)19(18-14(12)9-20-10)11-5-3-2-4-6-11/h2-6,10,17H,7,9H2,1H3. The van der Waals surface area contributed by atoms with E-state index in [0.717, 1.165) is 16.9 Å². The van der Waals surface area contributed by atoms with Gasteiger partial charge < -0.3 is 4.74 Å². The predicted octanol–water partition coefficient (Wildman–Crippen LogP) is 1.68. The maximum absolute atomic E-state index is 9.38. The Balaban J connectivity index is 2.25. The van der Waals surface area contributed by atoms with Crippen LogP contribution in [0, 0.1) is 16.7 Å². The van der Waals surface area contributed by atoms with Gasteiger partial charge in [-0.25, -0.2) is 4.68 Å². The molecule has 1 aliphatic heterocycles. The highest BCUT2D eigenvalue weighted by atomic mass is 16.5. The quantitative estimate of drug-likeness (QED) is 0.853. The highest BCUT2D eigenvalue weighted by molar-refractivity contribution is 5.41. The van der Waals surface area contributed by atoms with Crippen LogP contribution in [0.5, 0.6) is 0 Å². The van der Waals surface area contributed by atoms with E-state index in [4.69, 9.17) is 10.1 Å². The minimum atomic E-state index is 0.0587. The number of nitrogens with one attached hydrogen (secondary N) is 1. The third-order valence-electron chi connectivity index (χ3n) is 3.43. The van der Waals surface area contributed by atoms with Crippen molar-refractivity contribution in [2.24, 2.45) is 0 Å². The van der Waals surface area contributed by atoms with Crippen LogP contribution in [0.2, 0.25) is 0 Å². The van der Waals surface area contributed by atoms with Gasteiger partial charge in [-0.2, -0.15) is 10.4 Å². The Kier molecular flexibility index (Phi) is 3.09. The molecule has 2 heterocycles. The molecule has 0 aliphatic carbocycles. The molecule has 1 atom stereocenters. The molecule has 0 amide bonds. The molecule has 1 unspecified atom stereocenters. The molecule has 100 valence electrons. The fraction of sp³-hybridized carbons (Fsp3) is 0.267. The molecule has 0 fully saturated rings. The Morgan fingerprint density at radius 2 is 2.15 bits per heavy atom. The topological polar surface area (TPSA) is 74.7 Å². The zero-order valence-corrected chi connectivity index (χ0v) is 11.1. The summed E-state index contributed by atoms with van der Waals surface area (Å²) >= 11 is 0. The molecular weight excluding hydrogens is 252 g/mol. The number of nitrogens with zero attached hydrogens (tertiary/aromatic N) is 3. The van der Waals surface area contributed by atoms with Crippen LogP contribution in [0.15, 0.2) is 30.3 Å². The highest BCUT2D eigenvalue weighted by Gasteiger charge is 2.23. The van der Waals surface area contributed by atoms with Crippen molar-refractivity contribution in [3.8, 4) is 11.8 Å². The summed E-state index contributed by atoms with van der Waals surface area (Å²) in [5.41, 5.74) is 2.90. The summed E-state index contributed by atoms with van der Waals surface area (Å²) in [4.78, 5) is 0. The number of rotatable bonds is 1. The van der Waals surface area contributed by atoms with E-state index in [1.807, 2.05) is 37.3 Å². The third-order valence-corrected chi connectivity index (χ3v) is 3.43. The second-order valence-corrected chi connectivity index (χ2v) is 4.83. The van der Waals surface area contributed by atoms with Gasteiger partial charge in [0.25, 0.3) is 0 Å². The van der Waals surface area contributed by atoms with Crippen molar-refractivity contribution in [3.05, 3.63) is 52.6 Å². The summed E-state index contributed by atoms with van der Waals surface area (Å²) < 4.78 is 7.08. The molecule has 1 N–H and O–H groups in total. The first-order valence-corrected chi connectivity index (χ1v) is 6.47. The monoisotopic (exact) mass is 266 g/mol. The molecule has 0 radical (unpaired) electrons. The van der Waals surface area contributed by atoms with Crippen molar-refractivity contribution >= 4 is 0 Å². The Hall–Kier alpha value is -2.45. The first-order valence-electron chi connectivity index (χ1n) is 6.47. The second-order valence-electron chi connectivity index (χ2n) is 4.83. The molecular formula is C15H14N4O. The maximum atomic E-state index is 9.38. The van der Waals surface area contributed by atoms with Crippen LogP contribution in [-0.2, 0) is 17.8 Å². The first kappa shape index (κ1) is 12.6. The summed E-state index contributed by atoms with van der Waals surface area (Å²) in [6.45, 7) is 2.35. The van der Waals surface area contributed by atoms with Gasteiger partial charge in [0.05, 0.1) is 24.1 Å². The van der Waals surface area contributed by atoms with E-state index in [1.165, 1.54) is 4.68 Å². The number of para-hydroxylation sites is 1. The number of hydrogen-bond donors (Lipinski definition) is 1. The van der Waals surface area contributed by atoms with Crippen molar-refractivity contribution in [3.63, 3.8) is 0 Å². The lowest BCUT2D eigenvalue weighted by atomic mass is 10.00. The number of ether oxygens (including phenoxy) is 1.